The average Bonchev–Trinajstić information content (AvgIpc) is 2.83. The Hall–Kier alpha value is -0.610. The van der Waals surface area contributed by atoms with Crippen LogP contribution >= 0.6 is 0 Å². The minimum atomic E-state index is 0.256. The summed E-state index contributed by atoms with van der Waals surface area (Å²) in [4.78, 5) is 16.8. The monoisotopic (exact) mass is 267 g/mol. The quantitative estimate of drug-likeness (QED) is 0.831. The molecule has 0 spiro atoms. The Morgan fingerprint density at radius 2 is 1.89 bits per heavy atom. The largest absolute Gasteiger partial charge is 0.345 e. The van der Waals surface area contributed by atoms with E-state index < -0.39 is 0 Å². The average molecular weight is 267 g/mol. The highest BCUT2D eigenvalue weighted by Gasteiger charge is 2.29. The van der Waals surface area contributed by atoms with Gasteiger partial charge in [-0.1, -0.05) is 0 Å². The number of likely N-dealkylation sites (tertiary alicyclic amines) is 1. The molecular weight excluding hydrogens is 238 g/mol. The van der Waals surface area contributed by atoms with Gasteiger partial charge in [0, 0.05) is 26.1 Å². The predicted octanol–water partition coefficient (Wildman–Crippen LogP) is 1.16. The molecule has 0 aromatic rings. The van der Waals surface area contributed by atoms with Gasteiger partial charge in [0.05, 0.1) is 0 Å². The molecule has 1 amide bonds. The van der Waals surface area contributed by atoms with Gasteiger partial charge in [0.15, 0.2) is 0 Å². The van der Waals surface area contributed by atoms with Gasteiger partial charge in [-0.3, -0.25) is 4.79 Å². The first kappa shape index (κ1) is 14.8. The maximum absolute atomic E-state index is 12.4. The van der Waals surface area contributed by atoms with Crippen molar-refractivity contribution in [1.82, 2.24) is 9.80 Å². The van der Waals surface area contributed by atoms with Crippen LogP contribution < -0.4 is 5.73 Å². The lowest BCUT2D eigenvalue weighted by Crippen LogP contribution is -2.38. The Balaban J connectivity index is 1.76. The van der Waals surface area contributed by atoms with Crippen LogP contribution in [0.25, 0.3) is 0 Å². The van der Waals surface area contributed by atoms with Crippen LogP contribution in [0.1, 0.15) is 32.1 Å². The smallest absolute Gasteiger partial charge is 0.225 e. The van der Waals surface area contributed by atoms with E-state index in [4.69, 9.17) is 5.73 Å². The van der Waals surface area contributed by atoms with Gasteiger partial charge in [0.25, 0.3) is 0 Å². The number of carbonyl (C=O) groups is 1. The second-order valence-electron chi connectivity index (χ2n) is 6.59. The Morgan fingerprint density at radius 3 is 2.42 bits per heavy atom. The number of nitrogens with zero attached hydrogens (tertiary/aromatic N) is 2. The van der Waals surface area contributed by atoms with Crippen molar-refractivity contribution >= 4 is 5.91 Å². The summed E-state index contributed by atoms with van der Waals surface area (Å²) in [5, 5.41) is 0. The second kappa shape index (κ2) is 6.71. The van der Waals surface area contributed by atoms with Crippen molar-refractivity contribution in [2.45, 2.75) is 32.1 Å². The third-order valence-electron chi connectivity index (χ3n) is 4.93. The molecule has 1 atom stereocenters. The summed E-state index contributed by atoms with van der Waals surface area (Å²) >= 11 is 0. The second-order valence-corrected chi connectivity index (χ2v) is 6.59. The fourth-order valence-corrected chi connectivity index (χ4v) is 3.61. The standard InChI is InChI=1S/C15H29N3O/c1-17-8-7-13(10-17)11-18(2)15(19)14-5-3-12(9-16)4-6-14/h12-14H,3-11,16H2,1-2H3. The van der Waals surface area contributed by atoms with E-state index in [1.807, 2.05) is 11.9 Å². The van der Waals surface area contributed by atoms with Crippen LogP contribution in [-0.4, -0.2) is 56.0 Å². The van der Waals surface area contributed by atoms with Gasteiger partial charge in [-0.25, -0.2) is 0 Å². The van der Waals surface area contributed by atoms with E-state index in [0.29, 0.717) is 17.7 Å². The summed E-state index contributed by atoms with van der Waals surface area (Å²) in [7, 11) is 4.14. The number of amides is 1. The molecule has 0 aromatic carbocycles. The lowest BCUT2D eigenvalue weighted by Gasteiger charge is -2.31. The summed E-state index contributed by atoms with van der Waals surface area (Å²) in [5.41, 5.74) is 5.71. The van der Waals surface area contributed by atoms with Gasteiger partial charge in [-0.15, -0.1) is 0 Å². The molecule has 2 N–H and O–H groups in total. The van der Waals surface area contributed by atoms with Crippen molar-refractivity contribution in [2.24, 2.45) is 23.5 Å². The van der Waals surface area contributed by atoms with E-state index in [1.54, 1.807) is 0 Å². The van der Waals surface area contributed by atoms with Gasteiger partial charge in [-0.05, 0) is 64.1 Å². The molecule has 19 heavy (non-hydrogen) atoms. The zero-order chi connectivity index (χ0) is 13.8. The van der Waals surface area contributed by atoms with Gasteiger partial charge in [0.1, 0.15) is 0 Å². The first-order chi connectivity index (χ1) is 9.10. The highest BCUT2D eigenvalue weighted by atomic mass is 16.2. The van der Waals surface area contributed by atoms with Crippen molar-refractivity contribution in [3.8, 4) is 0 Å². The first-order valence-corrected chi connectivity index (χ1v) is 7.73. The molecule has 0 aromatic heterocycles. The number of carbonyl (C=O) groups excluding carboxylic acids is 1. The molecule has 4 nitrogen and oxygen atoms in total. The van der Waals surface area contributed by atoms with Gasteiger partial charge in [-0.2, -0.15) is 0 Å². The van der Waals surface area contributed by atoms with E-state index in [0.717, 1.165) is 45.3 Å². The summed E-state index contributed by atoms with van der Waals surface area (Å²) in [6.07, 6.45) is 5.57. The van der Waals surface area contributed by atoms with E-state index in [2.05, 4.69) is 11.9 Å². The minimum Gasteiger partial charge on any atom is -0.345 e. The number of nitrogens with two attached hydrogens (primary N) is 1. The number of hydrogen-bond donors (Lipinski definition) is 1. The van der Waals surface area contributed by atoms with Crippen molar-refractivity contribution in [2.75, 3.05) is 40.3 Å². The van der Waals surface area contributed by atoms with Crippen LogP contribution in [0.5, 0.6) is 0 Å². The topological polar surface area (TPSA) is 49.6 Å². The van der Waals surface area contributed by atoms with Crippen LogP contribution in [0, 0.1) is 17.8 Å². The molecule has 0 radical (unpaired) electrons. The summed E-state index contributed by atoms with van der Waals surface area (Å²) in [6.45, 7) is 4.02. The molecule has 1 saturated carbocycles. The fourth-order valence-electron chi connectivity index (χ4n) is 3.61. The maximum atomic E-state index is 12.4. The van der Waals surface area contributed by atoms with E-state index in [1.165, 1.54) is 13.0 Å². The Labute approximate surface area is 117 Å². The Morgan fingerprint density at radius 1 is 1.21 bits per heavy atom. The van der Waals surface area contributed by atoms with Gasteiger partial charge in [0.2, 0.25) is 5.91 Å². The highest BCUT2D eigenvalue weighted by Crippen LogP contribution is 2.29. The van der Waals surface area contributed by atoms with Crippen LogP contribution in [0.15, 0.2) is 0 Å². The van der Waals surface area contributed by atoms with Crippen molar-refractivity contribution in [1.29, 1.82) is 0 Å². The molecule has 2 aliphatic rings. The number of rotatable bonds is 4. The Bertz CT molecular complexity index is 300. The van der Waals surface area contributed by atoms with Gasteiger partial charge < -0.3 is 15.5 Å². The molecule has 1 aliphatic heterocycles. The van der Waals surface area contributed by atoms with Crippen LogP contribution in [0.4, 0.5) is 0 Å². The van der Waals surface area contributed by atoms with Gasteiger partial charge >= 0.3 is 0 Å². The lowest BCUT2D eigenvalue weighted by molar-refractivity contribution is -0.136. The van der Waals surface area contributed by atoms with Crippen molar-refractivity contribution < 1.29 is 4.79 Å². The molecule has 1 aliphatic carbocycles. The van der Waals surface area contributed by atoms with Crippen LogP contribution in [0.2, 0.25) is 0 Å². The lowest BCUT2D eigenvalue weighted by atomic mass is 9.81. The molecule has 1 heterocycles. The molecule has 0 bridgehead atoms. The molecule has 110 valence electrons. The van der Waals surface area contributed by atoms with E-state index in [-0.39, 0.29) is 5.92 Å². The normalized spacial score (nSPS) is 32.5. The molecular formula is C15H29N3O. The molecule has 4 heteroatoms. The summed E-state index contributed by atoms with van der Waals surface area (Å²) in [6, 6.07) is 0. The van der Waals surface area contributed by atoms with Crippen LogP contribution in [0.3, 0.4) is 0 Å². The van der Waals surface area contributed by atoms with Crippen molar-refractivity contribution in [3.63, 3.8) is 0 Å². The molecule has 2 rings (SSSR count). The zero-order valence-corrected chi connectivity index (χ0v) is 12.5. The third kappa shape index (κ3) is 3.93. The minimum absolute atomic E-state index is 0.256. The Kier molecular flexibility index (Phi) is 5.22. The van der Waals surface area contributed by atoms with Crippen molar-refractivity contribution in [3.05, 3.63) is 0 Å². The molecule has 1 unspecified atom stereocenters. The zero-order valence-electron chi connectivity index (χ0n) is 12.5. The maximum Gasteiger partial charge on any atom is 0.225 e. The van der Waals surface area contributed by atoms with E-state index in [9.17, 15) is 4.79 Å². The fraction of sp³-hybridized carbons (Fsp3) is 0.933. The third-order valence-corrected chi connectivity index (χ3v) is 4.93. The summed E-state index contributed by atoms with van der Waals surface area (Å²) in [5.74, 6) is 1.94. The van der Waals surface area contributed by atoms with E-state index >= 15 is 0 Å². The summed E-state index contributed by atoms with van der Waals surface area (Å²) < 4.78 is 0. The first-order valence-electron chi connectivity index (χ1n) is 7.73. The molecule has 2 fully saturated rings. The molecule has 1 saturated heterocycles. The predicted molar refractivity (Wildman–Crippen MR) is 77.7 cm³/mol. The van der Waals surface area contributed by atoms with Crippen LogP contribution in [-0.2, 0) is 4.79 Å². The SMILES string of the molecule is CN1CCC(CN(C)C(=O)C2CCC(CN)CC2)C1. The highest BCUT2D eigenvalue weighted by molar-refractivity contribution is 5.78. The number of hydrogen-bond acceptors (Lipinski definition) is 3.